The van der Waals surface area contributed by atoms with Gasteiger partial charge in [-0.1, -0.05) is 218 Å². The maximum atomic E-state index is 2.42. The van der Waals surface area contributed by atoms with Crippen molar-refractivity contribution in [1.82, 2.24) is 4.57 Å². The van der Waals surface area contributed by atoms with E-state index in [0.29, 0.717) is 0 Å². The largest absolute Gasteiger partial charge is 0.310 e. The molecule has 0 aliphatic carbocycles. The van der Waals surface area contributed by atoms with Crippen LogP contribution >= 0.6 is 0 Å². The quantitative estimate of drug-likeness (QED) is 0.131. The van der Waals surface area contributed by atoms with Crippen molar-refractivity contribution in [3.63, 3.8) is 0 Å². The zero-order valence-corrected chi connectivity index (χ0v) is 38.5. The highest BCUT2D eigenvalue weighted by atomic mass is 15.1. The molecule has 0 saturated carbocycles. The highest BCUT2D eigenvalue weighted by Gasteiger charge is 2.21. The molecule has 12 aromatic carbocycles. The lowest BCUT2D eigenvalue weighted by atomic mass is 9.84. The zero-order valence-electron chi connectivity index (χ0n) is 38.5. The third-order valence-electron chi connectivity index (χ3n) is 14.0. The fourth-order valence-corrected chi connectivity index (χ4v) is 10.8. The van der Waals surface area contributed by atoms with Gasteiger partial charge < -0.3 is 9.47 Å². The average molecular weight is 891 g/mol. The lowest BCUT2D eigenvalue weighted by molar-refractivity contribution is 1.18. The molecule has 2 nitrogen and oxygen atoms in total. The van der Waals surface area contributed by atoms with Gasteiger partial charge in [-0.2, -0.15) is 0 Å². The Hall–Kier alpha value is -9.24. The molecule has 0 unspecified atom stereocenters. The van der Waals surface area contributed by atoms with Crippen LogP contribution in [0.25, 0.3) is 105 Å². The van der Waals surface area contributed by atoms with E-state index in [0.717, 1.165) is 33.9 Å². The van der Waals surface area contributed by atoms with Crippen molar-refractivity contribution in [1.29, 1.82) is 0 Å². The molecule has 0 radical (unpaired) electrons. The molecule has 0 aliphatic heterocycles. The van der Waals surface area contributed by atoms with Gasteiger partial charge in [0.25, 0.3) is 0 Å². The first kappa shape index (κ1) is 41.0. The van der Waals surface area contributed by atoms with Crippen LogP contribution in [0.3, 0.4) is 0 Å². The predicted molar refractivity (Wildman–Crippen MR) is 298 cm³/mol. The Balaban J connectivity index is 0.959. The van der Waals surface area contributed by atoms with Gasteiger partial charge in [0.1, 0.15) is 0 Å². The number of fused-ring (bicyclic) bond motifs is 6. The molecule has 13 rings (SSSR count). The summed E-state index contributed by atoms with van der Waals surface area (Å²) in [5, 5.41) is 7.48. The first-order valence-electron chi connectivity index (χ1n) is 24.1. The summed E-state index contributed by atoms with van der Waals surface area (Å²) in [7, 11) is 0. The van der Waals surface area contributed by atoms with Gasteiger partial charge in [-0.05, 0) is 132 Å². The van der Waals surface area contributed by atoms with Crippen LogP contribution in [0.15, 0.2) is 279 Å². The zero-order chi connectivity index (χ0) is 46.4. The van der Waals surface area contributed by atoms with Gasteiger partial charge >= 0.3 is 0 Å². The number of hydrogen-bond acceptors (Lipinski definition) is 1. The topological polar surface area (TPSA) is 8.17 Å². The Kier molecular flexibility index (Phi) is 10.2. The van der Waals surface area contributed by atoms with Gasteiger partial charge in [-0.15, -0.1) is 0 Å². The van der Waals surface area contributed by atoms with Crippen LogP contribution in [0.5, 0.6) is 0 Å². The Morgan fingerprint density at radius 3 is 1.36 bits per heavy atom. The third-order valence-corrected chi connectivity index (χ3v) is 14.0. The molecule has 0 N–H and O–H groups in total. The molecule has 0 aliphatic rings. The van der Waals surface area contributed by atoms with Crippen molar-refractivity contribution < 1.29 is 0 Å². The molecular weight excluding hydrogens is 845 g/mol. The molecule has 0 fully saturated rings. The molecule has 0 saturated heterocycles. The van der Waals surface area contributed by atoms with Crippen LogP contribution in [0, 0.1) is 0 Å². The standard InChI is InChI=1S/C68H46N2/c1-5-19-47(20-6-1)48-35-40-55(41-36-48)69(57-28-17-25-53(45-57)58-32-18-33-63-61-30-15-16-34-65(61)70(68(58)63)54-26-11-4-12-27-54)56-42-37-49(38-43-56)52-39-44-60-59-29-13-14-31-62(59)66(50-21-7-2-8-22-50)67(64(60)46-52)51-23-9-3-10-24-51/h1-46H. The molecule has 328 valence electrons. The Bertz CT molecular complexity index is 4010. The minimum Gasteiger partial charge on any atom is -0.310 e. The molecule has 0 amide bonds. The van der Waals surface area contributed by atoms with Crippen molar-refractivity contribution in [3.05, 3.63) is 279 Å². The van der Waals surface area contributed by atoms with Gasteiger partial charge in [-0.25, -0.2) is 0 Å². The summed E-state index contributed by atoms with van der Waals surface area (Å²) >= 11 is 0. The van der Waals surface area contributed by atoms with Crippen LogP contribution in [-0.2, 0) is 0 Å². The lowest BCUT2D eigenvalue weighted by Gasteiger charge is -2.26. The number of para-hydroxylation sites is 3. The second kappa shape index (κ2) is 17.4. The number of anilines is 3. The number of aromatic nitrogens is 1. The van der Waals surface area contributed by atoms with Crippen molar-refractivity contribution in [3.8, 4) is 61.3 Å². The SMILES string of the molecule is c1ccc(-c2ccc(N(c3ccc(-c4ccc5c(c4)c(-c4ccccc4)c(-c4ccccc4)c4ccccc45)cc3)c3cccc(-c4cccc5c6ccccc6n(-c6ccccc6)c45)c3)cc2)cc1. The van der Waals surface area contributed by atoms with E-state index < -0.39 is 0 Å². The van der Waals surface area contributed by atoms with Crippen LogP contribution < -0.4 is 4.90 Å². The summed E-state index contributed by atoms with van der Waals surface area (Å²) in [6.45, 7) is 0. The van der Waals surface area contributed by atoms with Crippen molar-refractivity contribution >= 4 is 60.4 Å². The molecular formula is C68H46N2. The van der Waals surface area contributed by atoms with E-state index in [9.17, 15) is 0 Å². The van der Waals surface area contributed by atoms with Gasteiger partial charge in [0, 0.05) is 39.1 Å². The van der Waals surface area contributed by atoms with Crippen LogP contribution in [0.4, 0.5) is 17.1 Å². The molecule has 0 spiro atoms. The highest BCUT2D eigenvalue weighted by Crippen LogP contribution is 2.47. The smallest absolute Gasteiger partial charge is 0.0619 e. The maximum Gasteiger partial charge on any atom is 0.0619 e. The van der Waals surface area contributed by atoms with Gasteiger partial charge in [-0.3, -0.25) is 0 Å². The van der Waals surface area contributed by atoms with E-state index in [1.54, 1.807) is 0 Å². The van der Waals surface area contributed by atoms with E-state index in [4.69, 9.17) is 0 Å². The van der Waals surface area contributed by atoms with E-state index in [2.05, 4.69) is 289 Å². The summed E-state index contributed by atoms with van der Waals surface area (Å²) in [4.78, 5) is 2.39. The molecule has 2 heteroatoms. The monoisotopic (exact) mass is 890 g/mol. The summed E-state index contributed by atoms with van der Waals surface area (Å²) in [5.74, 6) is 0. The fourth-order valence-electron chi connectivity index (χ4n) is 10.8. The summed E-state index contributed by atoms with van der Waals surface area (Å²) < 4.78 is 2.42. The first-order chi connectivity index (χ1) is 34.7. The van der Waals surface area contributed by atoms with E-state index in [-0.39, 0.29) is 0 Å². The van der Waals surface area contributed by atoms with Crippen molar-refractivity contribution in [2.75, 3.05) is 4.90 Å². The number of hydrogen-bond donors (Lipinski definition) is 0. The fraction of sp³-hybridized carbons (Fsp3) is 0. The second-order valence-corrected chi connectivity index (χ2v) is 18.0. The minimum atomic E-state index is 1.08. The average Bonchev–Trinajstić information content (AvgIpc) is 3.79. The molecule has 0 atom stereocenters. The Labute approximate surface area is 408 Å². The predicted octanol–water partition coefficient (Wildman–Crippen LogP) is 18.9. The molecule has 70 heavy (non-hydrogen) atoms. The van der Waals surface area contributed by atoms with Gasteiger partial charge in [0.05, 0.1) is 11.0 Å². The summed E-state index contributed by atoms with van der Waals surface area (Å²) in [5.41, 5.74) is 18.8. The first-order valence-corrected chi connectivity index (χ1v) is 24.1. The van der Waals surface area contributed by atoms with Crippen molar-refractivity contribution in [2.45, 2.75) is 0 Å². The van der Waals surface area contributed by atoms with E-state index >= 15 is 0 Å². The lowest BCUT2D eigenvalue weighted by Crippen LogP contribution is -2.10. The van der Waals surface area contributed by atoms with Crippen LogP contribution in [0.2, 0.25) is 0 Å². The Morgan fingerprint density at radius 1 is 0.243 bits per heavy atom. The van der Waals surface area contributed by atoms with Crippen molar-refractivity contribution in [2.24, 2.45) is 0 Å². The number of nitrogens with zero attached hydrogens (tertiary/aromatic N) is 2. The van der Waals surface area contributed by atoms with E-state index in [1.807, 2.05) is 0 Å². The molecule has 1 aromatic heterocycles. The molecule has 13 aromatic rings. The summed E-state index contributed by atoms with van der Waals surface area (Å²) in [6.07, 6.45) is 0. The maximum absolute atomic E-state index is 2.42. The van der Waals surface area contributed by atoms with Gasteiger partial charge in [0.2, 0.25) is 0 Å². The third kappa shape index (κ3) is 7.13. The molecule has 1 heterocycles. The number of benzene rings is 12. The summed E-state index contributed by atoms with van der Waals surface area (Å²) in [6, 6.07) is 102. The van der Waals surface area contributed by atoms with Crippen LogP contribution in [0.1, 0.15) is 0 Å². The highest BCUT2D eigenvalue weighted by molar-refractivity contribution is 6.22. The minimum absolute atomic E-state index is 1.08. The number of rotatable bonds is 9. The Morgan fingerprint density at radius 2 is 0.700 bits per heavy atom. The van der Waals surface area contributed by atoms with E-state index in [1.165, 1.54) is 87.9 Å². The van der Waals surface area contributed by atoms with Gasteiger partial charge in [0.15, 0.2) is 0 Å². The normalized spacial score (nSPS) is 11.4. The van der Waals surface area contributed by atoms with Crippen LogP contribution in [-0.4, -0.2) is 4.57 Å². The second-order valence-electron chi connectivity index (χ2n) is 18.0. The molecule has 0 bridgehead atoms.